The van der Waals surface area contributed by atoms with Crippen molar-refractivity contribution >= 4 is 17.3 Å². The molecule has 2 heterocycles. The molecule has 2 N–H and O–H groups in total. The Morgan fingerprint density at radius 1 is 1.28 bits per heavy atom. The van der Waals surface area contributed by atoms with Crippen molar-refractivity contribution in [3.8, 4) is 0 Å². The van der Waals surface area contributed by atoms with E-state index in [1.807, 2.05) is 13.0 Å². The number of carbonyl (C=O) groups excluding carboxylic acids is 1. The second kappa shape index (κ2) is 5.27. The number of rotatable bonds is 3. The summed E-state index contributed by atoms with van der Waals surface area (Å²) >= 11 is 0. The number of aryl methyl sites for hydroxylation is 1. The van der Waals surface area contributed by atoms with Crippen LogP contribution in [0.1, 0.15) is 16.1 Å². The van der Waals surface area contributed by atoms with Crippen LogP contribution in [0.25, 0.3) is 0 Å². The smallest absolute Gasteiger partial charge is 0.259 e. The van der Waals surface area contributed by atoms with Crippen LogP contribution in [0.15, 0.2) is 36.8 Å². The lowest BCUT2D eigenvalue weighted by molar-refractivity contribution is 0.102. The van der Waals surface area contributed by atoms with Crippen LogP contribution < -0.4 is 10.6 Å². The van der Waals surface area contributed by atoms with Crippen LogP contribution in [-0.2, 0) is 0 Å². The Balaban J connectivity index is 2.24. The molecule has 2 rings (SSSR count). The number of nitrogens with one attached hydrogen (secondary N) is 2. The highest BCUT2D eigenvalue weighted by molar-refractivity contribution is 6.07. The number of hydrogen-bond donors (Lipinski definition) is 2. The molecule has 0 saturated heterocycles. The second-order valence-electron chi connectivity index (χ2n) is 3.81. The first-order valence-corrected chi connectivity index (χ1v) is 5.56. The van der Waals surface area contributed by atoms with E-state index in [1.54, 1.807) is 37.8 Å². The lowest BCUT2D eigenvalue weighted by atomic mass is 10.2. The fourth-order valence-electron chi connectivity index (χ4n) is 1.58. The SMILES string of the molecule is CNc1cc(C)ncc1C(=O)Nc1ccncc1. The summed E-state index contributed by atoms with van der Waals surface area (Å²) in [7, 11) is 1.78. The van der Waals surface area contributed by atoms with Crippen LogP contribution in [0, 0.1) is 6.92 Å². The largest absolute Gasteiger partial charge is 0.387 e. The molecular weight excluding hydrogens is 228 g/mol. The minimum absolute atomic E-state index is 0.196. The number of pyridine rings is 2. The third kappa shape index (κ3) is 2.63. The van der Waals surface area contributed by atoms with Gasteiger partial charge in [0.1, 0.15) is 0 Å². The van der Waals surface area contributed by atoms with Gasteiger partial charge in [0.25, 0.3) is 5.91 Å². The zero-order valence-electron chi connectivity index (χ0n) is 10.3. The molecule has 0 aromatic carbocycles. The van der Waals surface area contributed by atoms with E-state index in [2.05, 4.69) is 20.6 Å². The van der Waals surface area contributed by atoms with Gasteiger partial charge in [-0.1, -0.05) is 0 Å². The summed E-state index contributed by atoms with van der Waals surface area (Å²) in [6, 6.07) is 5.30. The topological polar surface area (TPSA) is 66.9 Å². The van der Waals surface area contributed by atoms with Crippen LogP contribution in [0.2, 0.25) is 0 Å². The van der Waals surface area contributed by atoms with Gasteiger partial charge >= 0.3 is 0 Å². The van der Waals surface area contributed by atoms with Crippen molar-refractivity contribution < 1.29 is 4.79 Å². The van der Waals surface area contributed by atoms with Crippen molar-refractivity contribution in [3.63, 3.8) is 0 Å². The van der Waals surface area contributed by atoms with E-state index >= 15 is 0 Å². The molecule has 92 valence electrons. The molecule has 0 unspecified atom stereocenters. The maximum atomic E-state index is 12.1. The molecule has 1 amide bonds. The van der Waals surface area contributed by atoms with Crippen LogP contribution in [0.4, 0.5) is 11.4 Å². The van der Waals surface area contributed by atoms with E-state index in [4.69, 9.17) is 0 Å². The normalized spacial score (nSPS) is 9.89. The molecule has 0 aliphatic carbocycles. The molecule has 0 atom stereocenters. The van der Waals surface area contributed by atoms with Crippen molar-refractivity contribution in [2.75, 3.05) is 17.7 Å². The fraction of sp³-hybridized carbons (Fsp3) is 0.154. The van der Waals surface area contributed by atoms with Crippen molar-refractivity contribution in [3.05, 3.63) is 48.0 Å². The fourth-order valence-corrected chi connectivity index (χ4v) is 1.58. The summed E-state index contributed by atoms with van der Waals surface area (Å²) in [6.07, 6.45) is 4.82. The lowest BCUT2D eigenvalue weighted by Gasteiger charge is -2.09. The molecule has 0 saturated carbocycles. The molecule has 0 aliphatic heterocycles. The minimum Gasteiger partial charge on any atom is -0.387 e. The van der Waals surface area contributed by atoms with Gasteiger partial charge in [-0.3, -0.25) is 14.8 Å². The van der Waals surface area contributed by atoms with E-state index in [0.717, 1.165) is 11.4 Å². The Morgan fingerprint density at radius 3 is 2.67 bits per heavy atom. The van der Waals surface area contributed by atoms with Gasteiger partial charge in [-0.05, 0) is 25.1 Å². The zero-order chi connectivity index (χ0) is 13.0. The molecule has 0 bridgehead atoms. The van der Waals surface area contributed by atoms with E-state index in [9.17, 15) is 4.79 Å². The molecule has 0 fully saturated rings. The predicted octanol–water partition coefficient (Wildman–Crippen LogP) is 2.08. The van der Waals surface area contributed by atoms with Gasteiger partial charge in [0.15, 0.2) is 0 Å². The van der Waals surface area contributed by atoms with Gasteiger partial charge < -0.3 is 10.6 Å². The highest BCUT2D eigenvalue weighted by Gasteiger charge is 2.11. The van der Waals surface area contributed by atoms with Gasteiger partial charge in [0.05, 0.1) is 11.3 Å². The Labute approximate surface area is 105 Å². The maximum absolute atomic E-state index is 12.1. The predicted molar refractivity (Wildman–Crippen MR) is 70.7 cm³/mol. The summed E-state index contributed by atoms with van der Waals surface area (Å²) in [5.74, 6) is -0.196. The van der Waals surface area contributed by atoms with Crippen molar-refractivity contribution in [2.45, 2.75) is 6.92 Å². The number of carbonyl (C=O) groups is 1. The van der Waals surface area contributed by atoms with Gasteiger partial charge in [0.2, 0.25) is 0 Å². The third-order valence-electron chi connectivity index (χ3n) is 2.49. The zero-order valence-corrected chi connectivity index (χ0v) is 10.3. The molecule has 0 aliphatic rings. The van der Waals surface area contributed by atoms with E-state index in [0.29, 0.717) is 11.3 Å². The summed E-state index contributed by atoms with van der Waals surface area (Å²) in [5.41, 5.74) is 2.84. The molecule has 5 heteroatoms. The standard InChI is InChI=1S/C13H14N4O/c1-9-7-12(14-2)11(8-16-9)13(18)17-10-3-5-15-6-4-10/h3-8H,1-2H3,(H,14,16)(H,15,17,18). The van der Waals surface area contributed by atoms with E-state index in [1.165, 1.54) is 0 Å². The third-order valence-corrected chi connectivity index (χ3v) is 2.49. The summed E-state index contributed by atoms with van der Waals surface area (Å²) in [4.78, 5) is 20.1. The first kappa shape index (κ1) is 12.0. The van der Waals surface area contributed by atoms with Crippen molar-refractivity contribution in [1.82, 2.24) is 9.97 Å². The Morgan fingerprint density at radius 2 is 2.00 bits per heavy atom. The average molecular weight is 242 g/mol. The Kier molecular flexibility index (Phi) is 3.52. The number of nitrogens with zero attached hydrogens (tertiary/aromatic N) is 2. The highest BCUT2D eigenvalue weighted by Crippen LogP contribution is 2.16. The highest BCUT2D eigenvalue weighted by atomic mass is 16.1. The van der Waals surface area contributed by atoms with Crippen molar-refractivity contribution in [1.29, 1.82) is 0 Å². The molecule has 0 radical (unpaired) electrons. The minimum atomic E-state index is -0.196. The maximum Gasteiger partial charge on any atom is 0.259 e. The van der Waals surface area contributed by atoms with Gasteiger partial charge in [-0.2, -0.15) is 0 Å². The summed E-state index contributed by atoms with van der Waals surface area (Å²) < 4.78 is 0. The van der Waals surface area contributed by atoms with Crippen molar-refractivity contribution in [2.24, 2.45) is 0 Å². The van der Waals surface area contributed by atoms with Crippen LogP contribution in [0.3, 0.4) is 0 Å². The van der Waals surface area contributed by atoms with Gasteiger partial charge in [-0.25, -0.2) is 0 Å². The number of amides is 1. The van der Waals surface area contributed by atoms with Gasteiger partial charge in [0, 0.05) is 37.0 Å². The monoisotopic (exact) mass is 242 g/mol. The summed E-state index contributed by atoms with van der Waals surface area (Å²) in [6.45, 7) is 1.88. The van der Waals surface area contributed by atoms with Crippen LogP contribution in [-0.4, -0.2) is 22.9 Å². The van der Waals surface area contributed by atoms with Crippen LogP contribution in [0.5, 0.6) is 0 Å². The van der Waals surface area contributed by atoms with Gasteiger partial charge in [-0.15, -0.1) is 0 Å². The van der Waals surface area contributed by atoms with E-state index in [-0.39, 0.29) is 5.91 Å². The molecule has 18 heavy (non-hydrogen) atoms. The summed E-state index contributed by atoms with van der Waals surface area (Å²) in [5, 5.41) is 5.78. The second-order valence-corrected chi connectivity index (χ2v) is 3.81. The molecular formula is C13H14N4O. The first-order chi connectivity index (χ1) is 8.70. The number of hydrogen-bond acceptors (Lipinski definition) is 4. The quantitative estimate of drug-likeness (QED) is 0.864. The number of aromatic nitrogens is 2. The lowest BCUT2D eigenvalue weighted by Crippen LogP contribution is -2.14. The Hall–Kier alpha value is -2.43. The molecule has 2 aromatic heterocycles. The first-order valence-electron chi connectivity index (χ1n) is 5.56. The molecule has 0 spiro atoms. The average Bonchev–Trinajstić information content (AvgIpc) is 2.39. The number of anilines is 2. The van der Waals surface area contributed by atoms with E-state index < -0.39 is 0 Å². The molecule has 5 nitrogen and oxygen atoms in total. The Bertz CT molecular complexity index is 554. The van der Waals surface area contributed by atoms with Crippen LogP contribution >= 0.6 is 0 Å². The molecule has 2 aromatic rings.